The van der Waals surface area contributed by atoms with Gasteiger partial charge in [-0.05, 0) is 13.8 Å². The fourth-order valence-electron chi connectivity index (χ4n) is 1.96. The summed E-state index contributed by atoms with van der Waals surface area (Å²) in [5, 5.41) is 0. The molecule has 2 heterocycles. The summed E-state index contributed by atoms with van der Waals surface area (Å²) in [6.45, 7) is 11.9. The van der Waals surface area contributed by atoms with E-state index >= 15 is 0 Å². The van der Waals surface area contributed by atoms with E-state index in [1.165, 1.54) is 0 Å². The highest BCUT2D eigenvalue weighted by Gasteiger charge is 2.39. The van der Waals surface area contributed by atoms with Crippen LogP contribution in [-0.2, 0) is 20.9 Å². The van der Waals surface area contributed by atoms with E-state index < -0.39 is 0 Å². The molecule has 6 heteroatoms. The molecule has 0 amide bonds. The zero-order chi connectivity index (χ0) is 12.1. The van der Waals surface area contributed by atoms with Gasteiger partial charge in [-0.3, -0.25) is 0 Å². The van der Waals surface area contributed by atoms with Crippen molar-refractivity contribution < 1.29 is 9.47 Å². The number of morpholine rings is 2. The molecule has 0 radical (unpaired) electrons. The van der Waals surface area contributed by atoms with Gasteiger partial charge in [0, 0.05) is 0 Å². The second kappa shape index (κ2) is 6.92. The van der Waals surface area contributed by atoms with Crippen LogP contribution in [0.2, 0.25) is 0 Å². The summed E-state index contributed by atoms with van der Waals surface area (Å²) in [5.41, 5.74) is 0. The van der Waals surface area contributed by atoms with E-state index in [1.807, 2.05) is 0 Å². The molecule has 0 atom stereocenters. The number of hydrogen-bond donors (Lipinski definition) is 1. The molecule has 0 aromatic heterocycles. The summed E-state index contributed by atoms with van der Waals surface area (Å²) in [7, 11) is 0. The van der Waals surface area contributed by atoms with Crippen LogP contribution in [0.4, 0.5) is 0 Å². The van der Waals surface area contributed by atoms with Crippen LogP contribution in [0.25, 0.3) is 0 Å². The van der Waals surface area contributed by atoms with Crippen LogP contribution >= 0.6 is 0 Å². The van der Waals surface area contributed by atoms with Crippen molar-refractivity contribution in [2.45, 2.75) is 19.9 Å². The standard InChI is InChI=1S/C11H24N3O2S/c1-11(2)12-17(13-3-7-15-8-4-13)14-5-9-16-10-6-14/h11-12H,3-10H2,1-2H3/q+1. The minimum Gasteiger partial charge on any atom is -0.378 e. The van der Waals surface area contributed by atoms with Crippen molar-refractivity contribution in [3.05, 3.63) is 0 Å². The van der Waals surface area contributed by atoms with Crippen LogP contribution < -0.4 is 4.72 Å². The molecule has 100 valence electrons. The van der Waals surface area contributed by atoms with E-state index in [2.05, 4.69) is 27.2 Å². The average molecular weight is 262 g/mol. The summed E-state index contributed by atoms with van der Waals surface area (Å²) in [5.74, 6) is 0. The minimum atomic E-state index is 0.0292. The summed E-state index contributed by atoms with van der Waals surface area (Å²) >= 11 is 0.0292. The Kier molecular flexibility index (Phi) is 5.52. The molecular weight excluding hydrogens is 238 g/mol. The molecule has 2 fully saturated rings. The summed E-state index contributed by atoms with van der Waals surface area (Å²) in [4.78, 5) is 0. The first-order valence-corrected chi connectivity index (χ1v) is 7.57. The first-order valence-electron chi connectivity index (χ1n) is 6.43. The molecule has 5 nitrogen and oxygen atoms in total. The van der Waals surface area contributed by atoms with Crippen LogP contribution in [0.3, 0.4) is 0 Å². The Morgan fingerprint density at radius 1 is 0.882 bits per heavy atom. The third kappa shape index (κ3) is 4.08. The van der Waals surface area contributed by atoms with Crippen molar-refractivity contribution in [1.82, 2.24) is 13.3 Å². The highest BCUT2D eigenvalue weighted by Crippen LogP contribution is 2.14. The van der Waals surface area contributed by atoms with Gasteiger partial charge >= 0.3 is 0 Å². The van der Waals surface area contributed by atoms with Gasteiger partial charge in [0.2, 0.25) is 0 Å². The first-order chi connectivity index (χ1) is 8.27. The van der Waals surface area contributed by atoms with Crippen molar-refractivity contribution in [3.63, 3.8) is 0 Å². The molecule has 17 heavy (non-hydrogen) atoms. The minimum absolute atomic E-state index is 0.0292. The highest BCUT2D eigenvalue weighted by atomic mass is 32.2. The third-order valence-corrected chi connectivity index (χ3v) is 5.16. The molecule has 0 aromatic rings. The van der Waals surface area contributed by atoms with Crippen LogP contribution in [0.15, 0.2) is 0 Å². The number of nitrogens with one attached hydrogen (secondary N) is 1. The topological polar surface area (TPSA) is 37.0 Å². The molecule has 2 aliphatic heterocycles. The van der Waals surface area contributed by atoms with Gasteiger partial charge in [0.05, 0.1) is 58.6 Å². The number of nitrogens with zero attached hydrogens (tertiary/aromatic N) is 2. The van der Waals surface area contributed by atoms with Gasteiger partial charge < -0.3 is 9.47 Å². The van der Waals surface area contributed by atoms with Gasteiger partial charge in [0.15, 0.2) is 0 Å². The van der Waals surface area contributed by atoms with E-state index in [-0.39, 0.29) is 11.5 Å². The van der Waals surface area contributed by atoms with Gasteiger partial charge in [0.25, 0.3) is 11.5 Å². The maximum Gasteiger partial charge on any atom is 0.265 e. The van der Waals surface area contributed by atoms with Gasteiger partial charge in [-0.15, -0.1) is 0 Å². The molecule has 0 spiro atoms. The molecule has 2 aliphatic rings. The molecule has 2 rings (SSSR count). The normalized spacial score (nSPS) is 24.7. The van der Waals surface area contributed by atoms with E-state index in [0.717, 1.165) is 52.6 Å². The average Bonchev–Trinajstić information content (AvgIpc) is 2.38. The Balaban J connectivity index is 1.95. The fourth-order valence-corrected chi connectivity index (χ4v) is 4.00. The molecule has 0 saturated carbocycles. The molecule has 2 saturated heterocycles. The van der Waals surface area contributed by atoms with Gasteiger partial charge in [-0.1, -0.05) is 13.3 Å². The Labute approximate surface area is 107 Å². The van der Waals surface area contributed by atoms with Crippen molar-refractivity contribution in [3.8, 4) is 0 Å². The lowest BCUT2D eigenvalue weighted by atomic mass is 10.4. The Morgan fingerprint density at radius 2 is 1.29 bits per heavy atom. The maximum absolute atomic E-state index is 5.43. The quantitative estimate of drug-likeness (QED) is 0.723. The Bertz CT molecular complexity index is 201. The van der Waals surface area contributed by atoms with E-state index in [0.29, 0.717) is 6.04 Å². The van der Waals surface area contributed by atoms with Crippen LogP contribution in [0.5, 0.6) is 0 Å². The monoisotopic (exact) mass is 262 g/mol. The predicted octanol–water partition coefficient (Wildman–Crippen LogP) is 0.0121. The maximum atomic E-state index is 5.43. The summed E-state index contributed by atoms with van der Waals surface area (Å²) < 4.78 is 19.6. The zero-order valence-corrected chi connectivity index (χ0v) is 11.7. The number of hydrogen-bond acceptors (Lipinski definition) is 5. The predicted molar refractivity (Wildman–Crippen MR) is 70.4 cm³/mol. The van der Waals surface area contributed by atoms with Crippen LogP contribution in [0.1, 0.15) is 13.8 Å². The lowest BCUT2D eigenvalue weighted by Gasteiger charge is -2.32. The molecule has 1 N–H and O–H groups in total. The molecule has 0 aromatic carbocycles. The van der Waals surface area contributed by atoms with Crippen molar-refractivity contribution >= 4 is 11.5 Å². The van der Waals surface area contributed by atoms with E-state index in [1.54, 1.807) is 0 Å². The van der Waals surface area contributed by atoms with Crippen LogP contribution in [-0.4, -0.2) is 67.3 Å². The van der Waals surface area contributed by atoms with E-state index in [4.69, 9.17) is 9.47 Å². The molecule has 0 bridgehead atoms. The van der Waals surface area contributed by atoms with Gasteiger partial charge in [-0.25, -0.2) is 0 Å². The summed E-state index contributed by atoms with van der Waals surface area (Å²) in [6.07, 6.45) is 0. The summed E-state index contributed by atoms with van der Waals surface area (Å²) in [6, 6.07) is 0.504. The van der Waals surface area contributed by atoms with Crippen molar-refractivity contribution in [1.29, 1.82) is 0 Å². The highest BCUT2D eigenvalue weighted by molar-refractivity contribution is 7.90. The number of ether oxygens (including phenoxy) is 2. The first kappa shape index (κ1) is 13.6. The molecule has 0 aliphatic carbocycles. The Hall–Kier alpha value is 0.150. The number of rotatable bonds is 4. The Morgan fingerprint density at radius 3 is 1.65 bits per heavy atom. The second-order valence-corrected chi connectivity index (χ2v) is 6.42. The van der Waals surface area contributed by atoms with Gasteiger partial charge in [-0.2, -0.15) is 0 Å². The largest absolute Gasteiger partial charge is 0.378 e. The second-order valence-electron chi connectivity index (χ2n) is 4.62. The SMILES string of the molecule is CC(C)N[S+](N1CCOCC1)N1CCOCC1. The lowest BCUT2D eigenvalue weighted by molar-refractivity contribution is 0.0599. The van der Waals surface area contributed by atoms with Crippen LogP contribution in [0, 0.1) is 0 Å². The lowest BCUT2D eigenvalue weighted by Crippen LogP contribution is -2.58. The molecular formula is C11H24N3O2S+. The molecule has 0 unspecified atom stereocenters. The van der Waals surface area contributed by atoms with E-state index in [9.17, 15) is 0 Å². The van der Waals surface area contributed by atoms with Crippen molar-refractivity contribution in [2.75, 3.05) is 52.6 Å². The third-order valence-electron chi connectivity index (χ3n) is 2.77. The van der Waals surface area contributed by atoms with Crippen molar-refractivity contribution in [2.24, 2.45) is 0 Å². The fraction of sp³-hybridized carbons (Fsp3) is 1.00. The smallest absolute Gasteiger partial charge is 0.265 e. The zero-order valence-electron chi connectivity index (χ0n) is 10.9. The van der Waals surface area contributed by atoms with Gasteiger partial charge in [0.1, 0.15) is 0 Å².